The highest BCUT2D eigenvalue weighted by Gasteiger charge is 2.16. The number of nitrogens with one attached hydrogen (secondary N) is 1. The van der Waals surface area contributed by atoms with Gasteiger partial charge in [-0.05, 0) is 18.1 Å². The highest BCUT2D eigenvalue weighted by molar-refractivity contribution is 6.37. The summed E-state index contributed by atoms with van der Waals surface area (Å²) in [6.07, 6.45) is 0.596. The fourth-order valence-corrected chi connectivity index (χ4v) is 2.49. The zero-order chi connectivity index (χ0) is 16.3. The number of phenols is 1. The van der Waals surface area contributed by atoms with Gasteiger partial charge in [0, 0.05) is 5.02 Å². The lowest BCUT2D eigenvalue weighted by Gasteiger charge is -2.13. The summed E-state index contributed by atoms with van der Waals surface area (Å²) in [5.74, 6) is -0.0170. The standard InChI is InChI=1S/C13H14Cl2N4O3/c1-4-6-7(14)5-8(10(20)9(6)15)16-11-17-12(21-2)19-13(18-11)22-3/h5,20H,4H2,1-3H3,(H,16,17,18,19). The number of nitrogens with zero attached hydrogens (tertiary/aromatic N) is 3. The van der Waals surface area contributed by atoms with E-state index in [9.17, 15) is 5.11 Å². The van der Waals surface area contributed by atoms with Crippen LogP contribution >= 0.6 is 23.2 Å². The predicted molar refractivity (Wildman–Crippen MR) is 83.7 cm³/mol. The minimum Gasteiger partial charge on any atom is -0.504 e. The molecule has 1 aromatic carbocycles. The molecule has 118 valence electrons. The number of aromatic hydroxyl groups is 1. The normalized spacial score (nSPS) is 10.4. The number of rotatable bonds is 5. The summed E-state index contributed by atoms with van der Waals surface area (Å²) in [6, 6.07) is 1.68. The van der Waals surface area contributed by atoms with Gasteiger partial charge in [0.2, 0.25) is 5.95 Å². The predicted octanol–water partition coefficient (Wildman–Crippen LogP) is 3.21. The Bertz CT molecular complexity index is 675. The smallest absolute Gasteiger partial charge is 0.324 e. The zero-order valence-electron chi connectivity index (χ0n) is 12.1. The van der Waals surface area contributed by atoms with Gasteiger partial charge in [0.1, 0.15) is 0 Å². The summed E-state index contributed by atoms with van der Waals surface area (Å²) in [5, 5.41) is 13.6. The monoisotopic (exact) mass is 344 g/mol. The van der Waals surface area contributed by atoms with Gasteiger partial charge in [0.25, 0.3) is 0 Å². The second-order valence-electron chi connectivity index (χ2n) is 4.16. The second kappa shape index (κ2) is 6.85. The van der Waals surface area contributed by atoms with E-state index in [-0.39, 0.29) is 34.4 Å². The molecule has 0 aliphatic heterocycles. The number of anilines is 2. The third-order valence-corrected chi connectivity index (χ3v) is 3.59. The van der Waals surface area contributed by atoms with E-state index in [2.05, 4.69) is 20.3 Å². The van der Waals surface area contributed by atoms with Crippen molar-refractivity contribution in [3.05, 3.63) is 21.7 Å². The van der Waals surface area contributed by atoms with Crippen LogP contribution in [0.1, 0.15) is 12.5 Å². The van der Waals surface area contributed by atoms with Crippen molar-refractivity contribution < 1.29 is 14.6 Å². The molecule has 1 heterocycles. The lowest BCUT2D eigenvalue weighted by atomic mass is 10.1. The fourth-order valence-electron chi connectivity index (χ4n) is 1.76. The van der Waals surface area contributed by atoms with Gasteiger partial charge >= 0.3 is 12.0 Å². The molecular formula is C13H14Cl2N4O3. The molecule has 2 rings (SSSR count). The third kappa shape index (κ3) is 3.26. The largest absolute Gasteiger partial charge is 0.504 e. The number of benzene rings is 1. The molecule has 1 aromatic heterocycles. The average Bonchev–Trinajstić information content (AvgIpc) is 2.52. The van der Waals surface area contributed by atoms with Crippen molar-refractivity contribution in [1.29, 1.82) is 0 Å². The summed E-state index contributed by atoms with van der Waals surface area (Å²) in [6.45, 7) is 1.89. The molecule has 9 heteroatoms. The topological polar surface area (TPSA) is 89.4 Å². The number of aromatic nitrogens is 3. The lowest BCUT2D eigenvalue weighted by molar-refractivity contribution is 0.341. The number of methoxy groups -OCH3 is 2. The van der Waals surface area contributed by atoms with Crippen molar-refractivity contribution in [3.63, 3.8) is 0 Å². The van der Waals surface area contributed by atoms with Gasteiger partial charge in [0.05, 0.1) is 24.9 Å². The van der Waals surface area contributed by atoms with Crippen molar-refractivity contribution in [3.8, 4) is 17.8 Å². The van der Waals surface area contributed by atoms with E-state index in [1.165, 1.54) is 14.2 Å². The van der Waals surface area contributed by atoms with Crippen LogP contribution in [0.4, 0.5) is 11.6 Å². The molecule has 0 unspecified atom stereocenters. The molecular weight excluding hydrogens is 331 g/mol. The van der Waals surface area contributed by atoms with E-state index in [1.807, 2.05) is 6.92 Å². The highest BCUT2D eigenvalue weighted by atomic mass is 35.5. The van der Waals surface area contributed by atoms with Gasteiger partial charge < -0.3 is 19.9 Å². The molecule has 0 fully saturated rings. The minimum atomic E-state index is -0.138. The summed E-state index contributed by atoms with van der Waals surface area (Å²) >= 11 is 12.3. The zero-order valence-corrected chi connectivity index (χ0v) is 13.7. The van der Waals surface area contributed by atoms with Gasteiger partial charge in [-0.3, -0.25) is 0 Å². The molecule has 0 radical (unpaired) electrons. The van der Waals surface area contributed by atoms with Crippen LogP contribution < -0.4 is 14.8 Å². The highest BCUT2D eigenvalue weighted by Crippen LogP contribution is 2.40. The minimum absolute atomic E-state index is 0.0659. The molecule has 0 bridgehead atoms. The van der Waals surface area contributed by atoms with Gasteiger partial charge in [-0.25, -0.2) is 0 Å². The number of halogens is 2. The second-order valence-corrected chi connectivity index (χ2v) is 4.94. The van der Waals surface area contributed by atoms with Crippen LogP contribution in [0.2, 0.25) is 10.0 Å². The van der Waals surface area contributed by atoms with Gasteiger partial charge in [0.15, 0.2) is 5.75 Å². The van der Waals surface area contributed by atoms with Crippen LogP contribution in [-0.4, -0.2) is 34.3 Å². The number of hydrogen-bond acceptors (Lipinski definition) is 7. The molecule has 0 amide bonds. The summed E-state index contributed by atoms with van der Waals surface area (Å²) in [7, 11) is 2.83. The van der Waals surface area contributed by atoms with E-state index < -0.39 is 0 Å². The summed E-state index contributed by atoms with van der Waals surface area (Å²) in [5.41, 5.74) is 0.930. The number of hydrogen-bond donors (Lipinski definition) is 2. The molecule has 0 atom stereocenters. The van der Waals surface area contributed by atoms with Crippen LogP contribution in [0.3, 0.4) is 0 Å². The maximum Gasteiger partial charge on any atom is 0.324 e. The van der Waals surface area contributed by atoms with Crippen molar-refractivity contribution in [2.24, 2.45) is 0 Å². The van der Waals surface area contributed by atoms with Crippen LogP contribution in [0, 0.1) is 0 Å². The molecule has 0 saturated heterocycles. The first-order chi connectivity index (χ1) is 10.5. The van der Waals surface area contributed by atoms with Crippen molar-refractivity contribution in [2.45, 2.75) is 13.3 Å². The molecule has 0 aliphatic rings. The average molecular weight is 345 g/mol. The first kappa shape index (κ1) is 16.4. The fraction of sp³-hybridized carbons (Fsp3) is 0.308. The van der Waals surface area contributed by atoms with Crippen molar-refractivity contribution in [2.75, 3.05) is 19.5 Å². The quantitative estimate of drug-likeness (QED) is 0.804. The van der Waals surface area contributed by atoms with Crippen LogP contribution in [-0.2, 0) is 6.42 Å². The van der Waals surface area contributed by atoms with Crippen molar-refractivity contribution >= 4 is 34.8 Å². The Labute approximate surface area is 137 Å². The van der Waals surface area contributed by atoms with Gasteiger partial charge in [-0.15, -0.1) is 4.98 Å². The molecule has 0 spiro atoms. The van der Waals surface area contributed by atoms with E-state index in [0.717, 1.165) is 0 Å². The Kier molecular flexibility index (Phi) is 5.10. The Morgan fingerprint density at radius 2 is 1.73 bits per heavy atom. The molecule has 2 aromatic rings. The van der Waals surface area contributed by atoms with Gasteiger partial charge in [-0.1, -0.05) is 30.1 Å². The SMILES string of the molecule is CCc1c(Cl)cc(Nc2nc(OC)nc(OC)n2)c(O)c1Cl. The van der Waals surface area contributed by atoms with Crippen LogP contribution in [0.15, 0.2) is 6.07 Å². The van der Waals surface area contributed by atoms with Crippen molar-refractivity contribution in [1.82, 2.24) is 15.0 Å². The molecule has 2 N–H and O–H groups in total. The molecule has 0 saturated carbocycles. The maximum atomic E-state index is 10.2. The first-order valence-electron chi connectivity index (χ1n) is 6.31. The Hall–Kier alpha value is -1.99. The summed E-state index contributed by atoms with van der Waals surface area (Å²) < 4.78 is 9.90. The van der Waals surface area contributed by atoms with Gasteiger partial charge in [-0.2, -0.15) is 9.97 Å². The Balaban J connectivity index is 2.43. The Morgan fingerprint density at radius 1 is 1.14 bits per heavy atom. The summed E-state index contributed by atoms with van der Waals surface area (Å²) in [4.78, 5) is 11.9. The lowest BCUT2D eigenvalue weighted by Crippen LogP contribution is -2.04. The first-order valence-corrected chi connectivity index (χ1v) is 7.06. The number of phenolic OH excluding ortho intramolecular Hbond substituents is 1. The van der Waals surface area contributed by atoms with E-state index >= 15 is 0 Å². The van der Waals surface area contributed by atoms with E-state index in [0.29, 0.717) is 17.0 Å². The molecule has 22 heavy (non-hydrogen) atoms. The maximum absolute atomic E-state index is 10.2. The van der Waals surface area contributed by atoms with Crippen LogP contribution in [0.5, 0.6) is 17.8 Å². The number of ether oxygens (including phenoxy) is 2. The Morgan fingerprint density at radius 3 is 2.23 bits per heavy atom. The van der Waals surface area contributed by atoms with E-state index in [4.69, 9.17) is 32.7 Å². The molecule has 0 aliphatic carbocycles. The van der Waals surface area contributed by atoms with Crippen LogP contribution in [0.25, 0.3) is 0 Å². The molecule has 7 nitrogen and oxygen atoms in total. The third-order valence-electron chi connectivity index (χ3n) is 2.85. The van der Waals surface area contributed by atoms with E-state index in [1.54, 1.807) is 6.07 Å².